The molecule has 0 spiro atoms. The molecule has 0 bridgehead atoms. The van der Waals surface area contributed by atoms with Gasteiger partial charge in [0.1, 0.15) is 0 Å². The topological polar surface area (TPSA) is 28.5 Å². The highest BCUT2D eigenvalue weighted by atomic mass is 15.1. The summed E-state index contributed by atoms with van der Waals surface area (Å²) >= 11 is 0. The molecule has 1 aromatic heterocycles. The fourth-order valence-corrected chi connectivity index (χ4v) is 1.91. The van der Waals surface area contributed by atoms with Crippen LogP contribution < -0.4 is 0 Å². The lowest BCUT2D eigenvalue weighted by atomic mass is 10.0. The highest BCUT2D eigenvalue weighted by molar-refractivity contribution is 5.81. The minimum absolute atomic E-state index is 0.491. The molecule has 20 heavy (non-hydrogen) atoms. The smallest absolute Gasteiger partial charge is 0.0662 e. The molecule has 3 nitrogen and oxygen atoms in total. The summed E-state index contributed by atoms with van der Waals surface area (Å²) in [7, 11) is 4.21. The van der Waals surface area contributed by atoms with Crippen molar-refractivity contribution in [2.75, 3.05) is 14.1 Å². The molecular weight excluding hydrogens is 246 g/mol. The van der Waals surface area contributed by atoms with E-state index in [0.717, 1.165) is 17.7 Å². The molecular formula is C17H21N3. The fourth-order valence-electron chi connectivity index (χ4n) is 1.91. The Balaban J connectivity index is 2.18. The predicted octanol–water partition coefficient (Wildman–Crippen LogP) is 3.32. The lowest BCUT2D eigenvalue weighted by molar-refractivity contribution is 0.312. The van der Waals surface area contributed by atoms with Gasteiger partial charge in [0.2, 0.25) is 0 Å². The first-order chi connectivity index (χ1) is 9.66. The molecule has 1 unspecified atom stereocenters. The standard InChI is InChI=1S/C17H21N3/c1-14(20(2)3)11-16-8-4-5-9-17(16)19-13-15-7-6-10-18-12-15/h4-10,12-14H,11H2,1-3H3. The van der Waals surface area contributed by atoms with Crippen LogP contribution in [-0.2, 0) is 6.42 Å². The summed E-state index contributed by atoms with van der Waals surface area (Å²) in [5.41, 5.74) is 3.32. The largest absolute Gasteiger partial charge is 0.306 e. The van der Waals surface area contributed by atoms with Crippen molar-refractivity contribution in [3.8, 4) is 0 Å². The molecule has 0 saturated heterocycles. The number of hydrogen-bond acceptors (Lipinski definition) is 3. The number of nitrogens with zero attached hydrogens (tertiary/aromatic N) is 3. The van der Waals surface area contributed by atoms with Gasteiger partial charge >= 0.3 is 0 Å². The molecule has 0 aliphatic heterocycles. The van der Waals surface area contributed by atoms with Crippen LogP contribution >= 0.6 is 0 Å². The maximum absolute atomic E-state index is 4.61. The molecule has 0 radical (unpaired) electrons. The van der Waals surface area contributed by atoms with Gasteiger partial charge in [-0.1, -0.05) is 24.3 Å². The van der Waals surface area contributed by atoms with E-state index in [1.165, 1.54) is 5.56 Å². The van der Waals surface area contributed by atoms with E-state index in [9.17, 15) is 0 Å². The molecule has 0 fully saturated rings. The lowest BCUT2D eigenvalue weighted by Crippen LogP contribution is -2.26. The zero-order valence-corrected chi connectivity index (χ0v) is 12.3. The van der Waals surface area contributed by atoms with Crippen molar-refractivity contribution in [1.82, 2.24) is 9.88 Å². The first kappa shape index (κ1) is 14.4. The Bertz CT molecular complexity index is 561. The van der Waals surface area contributed by atoms with E-state index in [1.807, 2.05) is 30.6 Å². The molecule has 1 atom stereocenters. The molecule has 0 aliphatic rings. The number of aromatic nitrogens is 1. The van der Waals surface area contributed by atoms with Gasteiger partial charge in [0.25, 0.3) is 0 Å². The van der Waals surface area contributed by atoms with Crippen molar-refractivity contribution in [3.05, 3.63) is 59.9 Å². The average molecular weight is 267 g/mol. The zero-order valence-electron chi connectivity index (χ0n) is 12.3. The van der Waals surface area contributed by atoms with Crippen LogP contribution in [0.3, 0.4) is 0 Å². The van der Waals surface area contributed by atoms with Gasteiger partial charge in [-0.15, -0.1) is 0 Å². The number of aliphatic imine (C=N–C) groups is 1. The molecule has 0 N–H and O–H groups in total. The van der Waals surface area contributed by atoms with Crippen LogP contribution in [0.5, 0.6) is 0 Å². The quantitative estimate of drug-likeness (QED) is 0.777. The molecule has 1 aromatic carbocycles. The van der Waals surface area contributed by atoms with E-state index in [1.54, 1.807) is 6.20 Å². The third kappa shape index (κ3) is 4.00. The number of hydrogen-bond donors (Lipinski definition) is 0. The van der Waals surface area contributed by atoms with Crippen molar-refractivity contribution in [1.29, 1.82) is 0 Å². The van der Waals surface area contributed by atoms with Crippen LogP contribution in [0.4, 0.5) is 5.69 Å². The number of para-hydroxylation sites is 1. The molecule has 2 rings (SSSR count). The second-order valence-electron chi connectivity index (χ2n) is 5.19. The van der Waals surface area contributed by atoms with Crippen LogP contribution in [0.2, 0.25) is 0 Å². The third-order valence-corrected chi connectivity index (χ3v) is 3.43. The molecule has 3 heteroatoms. The molecule has 104 valence electrons. The van der Waals surface area contributed by atoms with Crippen LogP contribution in [-0.4, -0.2) is 36.2 Å². The van der Waals surface area contributed by atoms with Gasteiger partial charge in [-0.3, -0.25) is 9.98 Å². The summed E-state index contributed by atoms with van der Waals surface area (Å²) in [6, 6.07) is 12.7. The number of likely N-dealkylation sites (N-methyl/N-ethyl adjacent to an activating group) is 1. The summed E-state index contributed by atoms with van der Waals surface area (Å²) in [5, 5.41) is 0. The van der Waals surface area contributed by atoms with Crippen molar-refractivity contribution in [3.63, 3.8) is 0 Å². The maximum Gasteiger partial charge on any atom is 0.0662 e. The second-order valence-corrected chi connectivity index (χ2v) is 5.19. The Morgan fingerprint density at radius 3 is 2.70 bits per heavy atom. The van der Waals surface area contributed by atoms with Crippen LogP contribution in [0, 0.1) is 0 Å². The molecule has 1 heterocycles. The van der Waals surface area contributed by atoms with Gasteiger partial charge in [-0.05, 0) is 45.1 Å². The van der Waals surface area contributed by atoms with Crippen molar-refractivity contribution >= 4 is 11.9 Å². The van der Waals surface area contributed by atoms with E-state index >= 15 is 0 Å². The monoisotopic (exact) mass is 267 g/mol. The van der Waals surface area contributed by atoms with E-state index in [2.05, 4.69) is 54.1 Å². The Kier molecular flexibility index (Phi) is 5.02. The zero-order chi connectivity index (χ0) is 14.4. The van der Waals surface area contributed by atoms with Gasteiger partial charge in [-0.2, -0.15) is 0 Å². The molecule has 2 aromatic rings. The summed E-state index contributed by atoms with van der Waals surface area (Å²) in [4.78, 5) is 10.9. The summed E-state index contributed by atoms with van der Waals surface area (Å²) < 4.78 is 0. The van der Waals surface area contributed by atoms with E-state index in [4.69, 9.17) is 0 Å². The van der Waals surface area contributed by atoms with E-state index in [-0.39, 0.29) is 0 Å². The highest BCUT2D eigenvalue weighted by Crippen LogP contribution is 2.21. The maximum atomic E-state index is 4.61. The number of benzene rings is 1. The Hall–Kier alpha value is -2.00. The fraction of sp³-hybridized carbons (Fsp3) is 0.294. The van der Waals surface area contributed by atoms with Crippen LogP contribution in [0.15, 0.2) is 53.8 Å². The summed E-state index contributed by atoms with van der Waals surface area (Å²) in [5.74, 6) is 0. The normalized spacial score (nSPS) is 13.0. The van der Waals surface area contributed by atoms with Gasteiger partial charge in [0.05, 0.1) is 5.69 Å². The van der Waals surface area contributed by atoms with Crippen molar-refractivity contribution in [2.45, 2.75) is 19.4 Å². The van der Waals surface area contributed by atoms with Crippen molar-refractivity contribution < 1.29 is 0 Å². The first-order valence-corrected chi connectivity index (χ1v) is 6.85. The summed E-state index contributed by atoms with van der Waals surface area (Å²) in [6.07, 6.45) is 6.44. The highest BCUT2D eigenvalue weighted by Gasteiger charge is 2.08. The molecule has 0 aliphatic carbocycles. The minimum Gasteiger partial charge on any atom is -0.306 e. The lowest BCUT2D eigenvalue weighted by Gasteiger charge is -2.20. The third-order valence-electron chi connectivity index (χ3n) is 3.43. The molecule has 0 saturated carbocycles. The number of pyridine rings is 1. The Morgan fingerprint density at radius 1 is 1.20 bits per heavy atom. The average Bonchev–Trinajstić information content (AvgIpc) is 2.47. The van der Waals surface area contributed by atoms with Crippen LogP contribution in [0.1, 0.15) is 18.1 Å². The first-order valence-electron chi connectivity index (χ1n) is 6.85. The second kappa shape index (κ2) is 6.96. The summed E-state index contributed by atoms with van der Waals surface area (Å²) in [6.45, 7) is 2.22. The number of rotatable bonds is 5. The van der Waals surface area contributed by atoms with Gasteiger partial charge in [0.15, 0.2) is 0 Å². The van der Waals surface area contributed by atoms with Gasteiger partial charge in [-0.25, -0.2) is 0 Å². The van der Waals surface area contributed by atoms with Gasteiger partial charge < -0.3 is 4.90 Å². The van der Waals surface area contributed by atoms with Gasteiger partial charge in [0, 0.05) is 30.2 Å². The SMILES string of the molecule is CC(Cc1ccccc1N=Cc1cccnc1)N(C)C. The molecule has 0 amide bonds. The Morgan fingerprint density at radius 2 is 2.00 bits per heavy atom. The minimum atomic E-state index is 0.491. The van der Waals surface area contributed by atoms with E-state index < -0.39 is 0 Å². The predicted molar refractivity (Wildman–Crippen MR) is 84.8 cm³/mol. The van der Waals surface area contributed by atoms with Crippen LogP contribution in [0.25, 0.3) is 0 Å². The Labute approximate surface area is 121 Å². The van der Waals surface area contributed by atoms with Crippen molar-refractivity contribution in [2.24, 2.45) is 4.99 Å². The van der Waals surface area contributed by atoms with E-state index in [0.29, 0.717) is 6.04 Å².